The molecular formula is C23H28N2O2. The van der Waals surface area contributed by atoms with Crippen molar-refractivity contribution in [1.82, 2.24) is 4.90 Å². The second kappa shape index (κ2) is 9.26. The molecule has 27 heavy (non-hydrogen) atoms. The molecule has 0 saturated carbocycles. The van der Waals surface area contributed by atoms with Gasteiger partial charge in [0, 0.05) is 43.5 Å². The van der Waals surface area contributed by atoms with E-state index in [1.54, 1.807) is 6.08 Å². The fourth-order valence-electron chi connectivity index (χ4n) is 3.24. The lowest BCUT2D eigenvalue weighted by Crippen LogP contribution is -2.48. The fourth-order valence-corrected chi connectivity index (χ4v) is 3.24. The SMILES string of the molecule is CCCOc1ccccc1/C=C/C(=O)N1CCN(c2cccc(C)c2)CC1. The second-order valence-electron chi connectivity index (χ2n) is 6.87. The summed E-state index contributed by atoms with van der Waals surface area (Å²) < 4.78 is 5.75. The van der Waals surface area contributed by atoms with Crippen LogP contribution in [0.2, 0.25) is 0 Å². The van der Waals surface area contributed by atoms with Gasteiger partial charge < -0.3 is 14.5 Å². The van der Waals surface area contributed by atoms with Crippen molar-refractivity contribution in [3.05, 3.63) is 65.7 Å². The zero-order valence-corrected chi connectivity index (χ0v) is 16.2. The number of para-hydroxylation sites is 1. The van der Waals surface area contributed by atoms with E-state index in [9.17, 15) is 4.79 Å². The highest BCUT2D eigenvalue weighted by Gasteiger charge is 2.19. The third-order valence-electron chi connectivity index (χ3n) is 4.74. The molecule has 1 heterocycles. The molecule has 0 atom stereocenters. The summed E-state index contributed by atoms with van der Waals surface area (Å²) in [7, 11) is 0. The van der Waals surface area contributed by atoms with Gasteiger partial charge in [-0.05, 0) is 43.2 Å². The van der Waals surface area contributed by atoms with Crippen LogP contribution in [0.5, 0.6) is 5.75 Å². The Labute approximate surface area is 162 Å². The van der Waals surface area contributed by atoms with Crippen LogP contribution in [0.4, 0.5) is 5.69 Å². The standard InChI is InChI=1S/C23H28N2O2/c1-3-17-27-22-10-5-4-8-20(22)11-12-23(26)25-15-13-24(14-16-25)21-9-6-7-19(2)18-21/h4-12,18H,3,13-17H2,1-2H3/b12-11+. The van der Waals surface area contributed by atoms with Crippen molar-refractivity contribution in [3.8, 4) is 5.75 Å². The number of anilines is 1. The molecule has 3 rings (SSSR count). The minimum Gasteiger partial charge on any atom is -0.493 e. The van der Waals surface area contributed by atoms with Crippen LogP contribution in [0.15, 0.2) is 54.6 Å². The summed E-state index contributed by atoms with van der Waals surface area (Å²) in [6, 6.07) is 16.4. The summed E-state index contributed by atoms with van der Waals surface area (Å²) in [4.78, 5) is 16.8. The molecule has 1 fully saturated rings. The van der Waals surface area contributed by atoms with Crippen molar-refractivity contribution in [2.75, 3.05) is 37.7 Å². The number of carbonyl (C=O) groups is 1. The van der Waals surface area contributed by atoms with Gasteiger partial charge in [-0.3, -0.25) is 4.79 Å². The van der Waals surface area contributed by atoms with Gasteiger partial charge in [-0.1, -0.05) is 37.3 Å². The molecule has 1 aliphatic rings. The molecule has 4 heteroatoms. The summed E-state index contributed by atoms with van der Waals surface area (Å²) >= 11 is 0. The summed E-state index contributed by atoms with van der Waals surface area (Å²) in [6.07, 6.45) is 4.49. The van der Waals surface area contributed by atoms with Crippen LogP contribution >= 0.6 is 0 Å². The van der Waals surface area contributed by atoms with Gasteiger partial charge in [0.25, 0.3) is 0 Å². The fraction of sp³-hybridized carbons (Fsp3) is 0.348. The highest BCUT2D eigenvalue weighted by Crippen LogP contribution is 2.21. The molecule has 0 spiro atoms. The summed E-state index contributed by atoms with van der Waals surface area (Å²) in [5, 5.41) is 0. The molecule has 0 aromatic heterocycles. The molecule has 2 aromatic rings. The molecule has 2 aromatic carbocycles. The van der Waals surface area contributed by atoms with Crippen molar-refractivity contribution in [2.24, 2.45) is 0 Å². The monoisotopic (exact) mass is 364 g/mol. The molecule has 4 nitrogen and oxygen atoms in total. The Balaban J connectivity index is 1.58. The highest BCUT2D eigenvalue weighted by molar-refractivity contribution is 5.92. The van der Waals surface area contributed by atoms with Gasteiger partial charge in [-0.25, -0.2) is 0 Å². The van der Waals surface area contributed by atoms with E-state index in [1.165, 1.54) is 11.3 Å². The van der Waals surface area contributed by atoms with Gasteiger partial charge in [0.2, 0.25) is 5.91 Å². The van der Waals surface area contributed by atoms with E-state index in [0.29, 0.717) is 6.61 Å². The number of nitrogens with zero attached hydrogens (tertiary/aromatic N) is 2. The topological polar surface area (TPSA) is 32.8 Å². The first-order chi connectivity index (χ1) is 13.2. The van der Waals surface area contributed by atoms with E-state index in [-0.39, 0.29) is 5.91 Å². The highest BCUT2D eigenvalue weighted by atomic mass is 16.5. The van der Waals surface area contributed by atoms with Gasteiger partial charge in [-0.2, -0.15) is 0 Å². The van der Waals surface area contributed by atoms with Crippen LogP contribution in [0, 0.1) is 6.92 Å². The lowest BCUT2D eigenvalue weighted by Gasteiger charge is -2.35. The molecule has 1 saturated heterocycles. The Bertz CT molecular complexity index is 792. The summed E-state index contributed by atoms with van der Waals surface area (Å²) in [5.41, 5.74) is 3.44. The van der Waals surface area contributed by atoms with Crippen LogP contribution in [0.3, 0.4) is 0 Å². The van der Waals surface area contributed by atoms with E-state index in [4.69, 9.17) is 4.74 Å². The van der Waals surface area contributed by atoms with Crippen molar-refractivity contribution < 1.29 is 9.53 Å². The van der Waals surface area contributed by atoms with Crippen molar-refractivity contribution >= 4 is 17.7 Å². The minimum atomic E-state index is 0.0594. The van der Waals surface area contributed by atoms with Gasteiger partial charge in [-0.15, -0.1) is 0 Å². The average molecular weight is 364 g/mol. The third kappa shape index (κ3) is 5.13. The largest absolute Gasteiger partial charge is 0.493 e. The molecule has 0 radical (unpaired) electrons. The normalized spacial score (nSPS) is 14.6. The molecule has 0 bridgehead atoms. The molecule has 0 aliphatic carbocycles. The lowest BCUT2D eigenvalue weighted by atomic mass is 10.1. The zero-order valence-electron chi connectivity index (χ0n) is 16.2. The van der Waals surface area contributed by atoms with Crippen LogP contribution in [-0.2, 0) is 4.79 Å². The molecule has 1 aliphatic heterocycles. The average Bonchev–Trinajstić information content (AvgIpc) is 2.71. The van der Waals surface area contributed by atoms with Crippen LogP contribution in [0.1, 0.15) is 24.5 Å². The van der Waals surface area contributed by atoms with Crippen LogP contribution in [0.25, 0.3) is 6.08 Å². The Morgan fingerprint density at radius 3 is 2.59 bits per heavy atom. The number of hydrogen-bond donors (Lipinski definition) is 0. The Morgan fingerprint density at radius 2 is 1.85 bits per heavy atom. The van der Waals surface area contributed by atoms with E-state index in [1.807, 2.05) is 35.2 Å². The maximum atomic E-state index is 12.6. The minimum absolute atomic E-state index is 0.0594. The first kappa shape index (κ1) is 19.0. The predicted molar refractivity (Wildman–Crippen MR) is 111 cm³/mol. The Kier molecular flexibility index (Phi) is 6.53. The van der Waals surface area contributed by atoms with E-state index in [2.05, 4.69) is 43.0 Å². The molecule has 142 valence electrons. The number of amides is 1. The number of benzene rings is 2. The third-order valence-corrected chi connectivity index (χ3v) is 4.74. The summed E-state index contributed by atoms with van der Waals surface area (Å²) in [6.45, 7) is 8.07. The smallest absolute Gasteiger partial charge is 0.246 e. The quantitative estimate of drug-likeness (QED) is 0.722. The van der Waals surface area contributed by atoms with Crippen LogP contribution < -0.4 is 9.64 Å². The van der Waals surface area contributed by atoms with E-state index >= 15 is 0 Å². The van der Waals surface area contributed by atoms with Crippen molar-refractivity contribution in [1.29, 1.82) is 0 Å². The maximum Gasteiger partial charge on any atom is 0.246 e. The van der Waals surface area contributed by atoms with Gasteiger partial charge in [0.05, 0.1) is 6.61 Å². The number of hydrogen-bond acceptors (Lipinski definition) is 3. The predicted octanol–water partition coefficient (Wildman–Crippen LogP) is 4.15. The lowest BCUT2D eigenvalue weighted by molar-refractivity contribution is -0.126. The Morgan fingerprint density at radius 1 is 1.07 bits per heavy atom. The maximum absolute atomic E-state index is 12.6. The second-order valence-corrected chi connectivity index (χ2v) is 6.87. The van der Waals surface area contributed by atoms with Gasteiger partial charge in [0.15, 0.2) is 0 Å². The number of carbonyl (C=O) groups excluding carboxylic acids is 1. The van der Waals surface area contributed by atoms with E-state index in [0.717, 1.165) is 43.9 Å². The molecule has 1 amide bonds. The van der Waals surface area contributed by atoms with Crippen molar-refractivity contribution in [2.45, 2.75) is 20.3 Å². The molecule has 0 N–H and O–H groups in total. The first-order valence-corrected chi connectivity index (χ1v) is 9.68. The Hall–Kier alpha value is -2.75. The van der Waals surface area contributed by atoms with Gasteiger partial charge >= 0.3 is 0 Å². The van der Waals surface area contributed by atoms with E-state index < -0.39 is 0 Å². The number of piperazine rings is 1. The van der Waals surface area contributed by atoms with Gasteiger partial charge in [0.1, 0.15) is 5.75 Å². The number of aryl methyl sites for hydroxylation is 1. The number of rotatable bonds is 6. The zero-order chi connectivity index (χ0) is 19.1. The van der Waals surface area contributed by atoms with Crippen LogP contribution in [-0.4, -0.2) is 43.6 Å². The number of ether oxygens (including phenoxy) is 1. The molecular weight excluding hydrogens is 336 g/mol. The van der Waals surface area contributed by atoms with Crippen molar-refractivity contribution in [3.63, 3.8) is 0 Å². The summed E-state index contributed by atoms with van der Waals surface area (Å²) in [5.74, 6) is 0.886. The first-order valence-electron chi connectivity index (χ1n) is 9.68. The molecule has 0 unspecified atom stereocenters.